The van der Waals surface area contributed by atoms with E-state index in [2.05, 4.69) is 6.58 Å². The van der Waals surface area contributed by atoms with Crippen molar-refractivity contribution in [1.82, 2.24) is 0 Å². The molecule has 1 atom stereocenters. The Labute approximate surface area is 95.3 Å². The standard InChI is InChI=1S/C13H15NO2/c1-3-8-16-13(15)14-10(2)9-11-6-4-5-7-12(11)14/h3-7,10H,1,8-9H2,2H3/t10-/m1/s1. The summed E-state index contributed by atoms with van der Waals surface area (Å²) < 4.78 is 5.07. The van der Waals surface area contributed by atoms with Gasteiger partial charge in [-0.05, 0) is 25.0 Å². The number of para-hydroxylation sites is 1. The van der Waals surface area contributed by atoms with Gasteiger partial charge in [0.2, 0.25) is 0 Å². The number of nitrogens with zero attached hydrogens (tertiary/aromatic N) is 1. The van der Waals surface area contributed by atoms with Crippen LogP contribution in [0.25, 0.3) is 0 Å². The maximum absolute atomic E-state index is 11.8. The minimum absolute atomic E-state index is 0.162. The average Bonchev–Trinajstić information content (AvgIpc) is 2.62. The monoisotopic (exact) mass is 217 g/mol. The van der Waals surface area contributed by atoms with Crippen LogP contribution >= 0.6 is 0 Å². The van der Waals surface area contributed by atoms with Crippen LogP contribution < -0.4 is 4.90 Å². The lowest BCUT2D eigenvalue weighted by Crippen LogP contribution is -2.36. The summed E-state index contributed by atoms with van der Waals surface area (Å²) in [6.07, 6.45) is 2.17. The van der Waals surface area contributed by atoms with Crippen LogP contribution in [0, 0.1) is 0 Å². The molecule has 0 bridgehead atoms. The molecule has 1 aliphatic heterocycles. The molecule has 0 saturated heterocycles. The van der Waals surface area contributed by atoms with Gasteiger partial charge in [-0.15, -0.1) is 0 Å². The number of amides is 1. The van der Waals surface area contributed by atoms with Crippen LogP contribution in [0.3, 0.4) is 0 Å². The average molecular weight is 217 g/mol. The quantitative estimate of drug-likeness (QED) is 0.713. The first-order valence-electron chi connectivity index (χ1n) is 5.39. The fourth-order valence-corrected chi connectivity index (χ4v) is 2.04. The van der Waals surface area contributed by atoms with Gasteiger partial charge >= 0.3 is 6.09 Å². The third kappa shape index (κ3) is 1.81. The number of fused-ring (bicyclic) bond motifs is 1. The maximum Gasteiger partial charge on any atom is 0.414 e. The van der Waals surface area contributed by atoms with Gasteiger partial charge in [-0.2, -0.15) is 0 Å². The van der Waals surface area contributed by atoms with Gasteiger partial charge in [-0.1, -0.05) is 30.9 Å². The zero-order chi connectivity index (χ0) is 11.5. The van der Waals surface area contributed by atoms with Crippen LogP contribution in [0.4, 0.5) is 10.5 Å². The Kier molecular flexibility index (Phi) is 2.95. The molecule has 1 heterocycles. The summed E-state index contributed by atoms with van der Waals surface area (Å²) in [6, 6.07) is 8.09. The summed E-state index contributed by atoms with van der Waals surface area (Å²) in [7, 11) is 0. The van der Waals surface area contributed by atoms with Crippen molar-refractivity contribution in [3.05, 3.63) is 42.5 Å². The molecule has 0 radical (unpaired) electrons. The summed E-state index contributed by atoms with van der Waals surface area (Å²) in [4.78, 5) is 13.5. The van der Waals surface area contributed by atoms with E-state index in [0.29, 0.717) is 0 Å². The minimum atomic E-state index is -0.294. The number of ether oxygens (including phenoxy) is 1. The van der Waals surface area contributed by atoms with E-state index in [0.717, 1.165) is 12.1 Å². The molecule has 0 N–H and O–H groups in total. The summed E-state index contributed by atoms with van der Waals surface area (Å²) in [5, 5.41) is 0. The van der Waals surface area contributed by atoms with E-state index in [-0.39, 0.29) is 18.7 Å². The van der Waals surface area contributed by atoms with Crippen LogP contribution in [-0.2, 0) is 11.2 Å². The third-order valence-electron chi connectivity index (χ3n) is 2.73. The van der Waals surface area contributed by atoms with Crippen molar-refractivity contribution in [1.29, 1.82) is 0 Å². The van der Waals surface area contributed by atoms with Gasteiger partial charge in [0.1, 0.15) is 6.61 Å². The Morgan fingerprint density at radius 3 is 3.12 bits per heavy atom. The summed E-state index contributed by atoms with van der Waals surface area (Å²) in [5.74, 6) is 0. The molecular weight excluding hydrogens is 202 g/mol. The predicted molar refractivity (Wildman–Crippen MR) is 63.6 cm³/mol. The first kappa shape index (κ1) is 10.7. The molecule has 0 aliphatic carbocycles. The Hall–Kier alpha value is -1.77. The van der Waals surface area contributed by atoms with Gasteiger partial charge in [0.25, 0.3) is 0 Å². The molecule has 16 heavy (non-hydrogen) atoms. The van der Waals surface area contributed by atoms with Gasteiger partial charge in [0.15, 0.2) is 0 Å². The fraction of sp³-hybridized carbons (Fsp3) is 0.308. The van der Waals surface area contributed by atoms with Gasteiger partial charge in [0.05, 0.1) is 5.69 Å². The molecule has 1 aromatic carbocycles. The Balaban J connectivity index is 2.21. The highest BCUT2D eigenvalue weighted by atomic mass is 16.6. The molecule has 3 nitrogen and oxygen atoms in total. The van der Waals surface area contributed by atoms with Crippen LogP contribution in [0.5, 0.6) is 0 Å². The number of hydrogen-bond donors (Lipinski definition) is 0. The topological polar surface area (TPSA) is 29.5 Å². The first-order chi connectivity index (χ1) is 7.74. The highest BCUT2D eigenvalue weighted by Crippen LogP contribution is 2.32. The number of carbonyl (C=O) groups excluding carboxylic acids is 1. The van der Waals surface area contributed by atoms with Crippen LogP contribution in [0.1, 0.15) is 12.5 Å². The highest BCUT2D eigenvalue weighted by molar-refractivity contribution is 5.91. The number of hydrogen-bond acceptors (Lipinski definition) is 2. The molecule has 0 spiro atoms. The molecule has 0 unspecified atom stereocenters. The van der Waals surface area contributed by atoms with E-state index in [1.807, 2.05) is 31.2 Å². The number of anilines is 1. The van der Waals surface area contributed by atoms with Gasteiger partial charge in [-0.25, -0.2) is 4.79 Å². The van der Waals surface area contributed by atoms with E-state index >= 15 is 0 Å². The molecule has 0 fully saturated rings. The Morgan fingerprint density at radius 2 is 2.38 bits per heavy atom. The fourth-order valence-electron chi connectivity index (χ4n) is 2.04. The second-order valence-electron chi connectivity index (χ2n) is 3.92. The normalized spacial score (nSPS) is 18.1. The number of benzene rings is 1. The first-order valence-corrected chi connectivity index (χ1v) is 5.39. The number of rotatable bonds is 2. The highest BCUT2D eigenvalue weighted by Gasteiger charge is 2.31. The lowest BCUT2D eigenvalue weighted by Gasteiger charge is -2.21. The molecule has 3 heteroatoms. The van der Waals surface area contributed by atoms with E-state index in [1.165, 1.54) is 5.56 Å². The Morgan fingerprint density at radius 1 is 1.62 bits per heavy atom. The Bertz CT molecular complexity index is 414. The summed E-state index contributed by atoms with van der Waals surface area (Å²) in [6.45, 7) is 5.80. The van der Waals surface area contributed by atoms with Gasteiger partial charge < -0.3 is 4.74 Å². The second-order valence-corrected chi connectivity index (χ2v) is 3.92. The van der Waals surface area contributed by atoms with Crippen molar-refractivity contribution in [2.24, 2.45) is 0 Å². The van der Waals surface area contributed by atoms with E-state index in [9.17, 15) is 4.79 Å². The zero-order valence-electron chi connectivity index (χ0n) is 9.35. The molecule has 1 aromatic rings. The van der Waals surface area contributed by atoms with Crippen molar-refractivity contribution < 1.29 is 9.53 Å². The van der Waals surface area contributed by atoms with E-state index in [1.54, 1.807) is 11.0 Å². The molecule has 1 aliphatic rings. The zero-order valence-corrected chi connectivity index (χ0v) is 9.35. The smallest absolute Gasteiger partial charge is 0.414 e. The van der Waals surface area contributed by atoms with Crippen molar-refractivity contribution in [3.8, 4) is 0 Å². The van der Waals surface area contributed by atoms with Crippen molar-refractivity contribution in [2.45, 2.75) is 19.4 Å². The van der Waals surface area contributed by atoms with E-state index in [4.69, 9.17) is 4.74 Å². The minimum Gasteiger partial charge on any atom is -0.445 e. The maximum atomic E-state index is 11.8. The van der Waals surface area contributed by atoms with Gasteiger partial charge in [0, 0.05) is 6.04 Å². The molecule has 84 valence electrons. The number of carbonyl (C=O) groups is 1. The summed E-state index contributed by atoms with van der Waals surface area (Å²) >= 11 is 0. The lowest BCUT2D eigenvalue weighted by molar-refractivity contribution is 0.164. The third-order valence-corrected chi connectivity index (χ3v) is 2.73. The van der Waals surface area contributed by atoms with Crippen molar-refractivity contribution in [3.63, 3.8) is 0 Å². The van der Waals surface area contributed by atoms with Crippen LogP contribution in [0.2, 0.25) is 0 Å². The van der Waals surface area contributed by atoms with Gasteiger partial charge in [-0.3, -0.25) is 4.90 Å². The molecule has 0 aromatic heterocycles. The van der Waals surface area contributed by atoms with Crippen LogP contribution in [0.15, 0.2) is 36.9 Å². The SMILES string of the molecule is C=CCOC(=O)N1c2ccccc2C[C@H]1C. The van der Waals surface area contributed by atoms with Crippen LogP contribution in [-0.4, -0.2) is 18.7 Å². The largest absolute Gasteiger partial charge is 0.445 e. The summed E-state index contributed by atoms with van der Waals surface area (Å²) in [5.41, 5.74) is 2.16. The lowest BCUT2D eigenvalue weighted by atomic mass is 10.1. The van der Waals surface area contributed by atoms with Crippen molar-refractivity contribution >= 4 is 11.8 Å². The van der Waals surface area contributed by atoms with E-state index < -0.39 is 0 Å². The second kappa shape index (κ2) is 4.39. The molecule has 0 saturated carbocycles. The van der Waals surface area contributed by atoms with Crippen molar-refractivity contribution in [2.75, 3.05) is 11.5 Å². The molecule has 1 amide bonds. The predicted octanol–water partition coefficient (Wildman–Crippen LogP) is 2.76. The molecule has 2 rings (SSSR count). The molecular formula is C13H15NO2.